The molecule has 0 saturated carbocycles. The number of anilines is 1. The summed E-state index contributed by atoms with van der Waals surface area (Å²) in [5.41, 5.74) is 3.71. The van der Waals surface area contributed by atoms with Crippen LogP contribution in [0.5, 0.6) is 0 Å². The number of benzene rings is 1. The second kappa shape index (κ2) is 10.9. The lowest BCUT2D eigenvalue weighted by molar-refractivity contribution is 0.0705. The molecule has 2 heterocycles. The average Bonchev–Trinajstić information content (AvgIpc) is 2.79. The molecule has 29 heavy (non-hydrogen) atoms. The fraction of sp³-hybridized carbons (Fsp3) is 0.333. The van der Waals surface area contributed by atoms with E-state index in [0.717, 1.165) is 17.1 Å². The predicted molar refractivity (Wildman–Crippen MR) is 115 cm³/mol. The molecule has 0 aliphatic carbocycles. The van der Waals surface area contributed by atoms with E-state index in [1.807, 2.05) is 35.2 Å². The van der Waals surface area contributed by atoms with Gasteiger partial charge in [0.1, 0.15) is 5.84 Å². The van der Waals surface area contributed by atoms with Gasteiger partial charge in [0.05, 0.1) is 12.1 Å². The molecule has 1 aromatic heterocycles. The number of aromatic nitrogens is 2. The smallest absolute Gasteiger partial charge is 0.277 e. The van der Waals surface area contributed by atoms with Crippen LogP contribution in [0.2, 0.25) is 0 Å². The number of amidine groups is 1. The maximum atomic E-state index is 11.4. The van der Waals surface area contributed by atoms with Crippen LogP contribution in [0.3, 0.4) is 0 Å². The summed E-state index contributed by atoms with van der Waals surface area (Å²) in [6, 6.07) is 9.99. The lowest BCUT2D eigenvalue weighted by Crippen LogP contribution is -2.50. The van der Waals surface area contributed by atoms with Crippen LogP contribution in [-0.2, 0) is 0 Å². The summed E-state index contributed by atoms with van der Waals surface area (Å²) in [6.07, 6.45) is 4.01. The number of rotatable bonds is 4. The number of hydrogen-bond acceptors (Lipinski definition) is 6. The van der Waals surface area contributed by atoms with Crippen molar-refractivity contribution in [1.82, 2.24) is 20.3 Å². The zero-order chi connectivity index (χ0) is 21.2. The van der Waals surface area contributed by atoms with Crippen molar-refractivity contribution in [3.8, 4) is 0 Å². The first-order valence-electron chi connectivity index (χ1n) is 9.54. The summed E-state index contributed by atoms with van der Waals surface area (Å²) in [5, 5.41) is 8.65. The van der Waals surface area contributed by atoms with E-state index in [1.165, 1.54) is 18.8 Å². The normalized spacial score (nSPS) is 14.8. The molecule has 0 spiro atoms. The van der Waals surface area contributed by atoms with Crippen molar-refractivity contribution >= 4 is 23.4 Å². The van der Waals surface area contributed by atoms with Gasteiger partial charge in [-0.25, -0.2) is 15.4 Å². The Balaban J connectivity index is 0.000000941. The number of nitrogens with zero attached hydrogens (tertiary/aromatic N) is 5. The Kier molecular flexibility index (Phi) is 8.29. The summed E-state index contributed by atoms with van der Waals surface area (Å²) < 4.78 is 0. The van der Waals surface area contributed by atoms with Crippen LogP contribution in [-0.4, -0.2) is 58.5 Å². The summed E-state index contributed by atoms with van der Waals surface area (Å²) in [5.74, 6) is 0.729. The second-order valence-electron chi connectivity index (χ2n) is 6.45. The minimum atomic E-state index is -0.642. The highest BCUT2D eigenvalue weighted by molar-refractivity contribution is 5.95. The van der Waals surface area contributed by atoms with Crippen molar-refractivity contribution in [2.24, 2.45) is 4.99 Å². The first-order valence-corrected chi connectivity index (χ1v) is 9.54. The van der Waals surface area contributed by atoms with E-state index in [2.05, 4.69) is 40.3 Å². The van der Waals surface area contributed by atoms with Crippen LogP contribution in [0, 0.1) is 0 Å². The average molecular weight is 396 g/mol. The van der Waals surface area contributed by atoms with E-state index in [-0.39, 0.29) is 5.56 Å². The SMILES string of the molecule is C=C(c1ccccc1)N1CCN(c2ncc(C(=O)NO)cn2)CC1=NC.CCC. The maximum Gasteiger partial charge on any atom is 0.277 e. The molecule has 2 N–H and O–H groups in total. The van der Waals surface area contributed by atoms with Gasteiger partial charge in [-0.1, -0.05) is 57.2 Å². The summed E-state index contributed by atoms with van der Waals surface area (Å²) in [7, 11) is 1.75. The van der Waals surface area contributed by atoms with Crippen LogP contribution in [0.1, 0.15) is 36.2 Å². The van der Waals surface area contributed by atoms with E-state index in [9.17, 15) is 4.79 Å². The van der Waals surface area contributed by atoms with Crippen molar-refractivity contribution < 1.29 is 10.0 Å². The van der Waals surface area contributed by atoms with Crippen molar-refractivity contribution in [3.63, 3.8) is 0 Å². The fourth-order valence-electron chi connectivity index (χ4n) is 2.79. The number of carbonyl (C=O) groups is 1. The first-order chi connectivity index (χ1) is 14.0. The number of nitrogens with one attached hydrogen (secondary N) is 1. The van der Waals surface area contributed by atoms with Gasteiger partial charge >= 0.3 is 0 Å². The molecule has 0 atom stereocenters. The maximum absolute atomic E-state index is 11.4. The zero-order valence-corrected chi connectivity index (χ0v) is 17.2. The third-order valence-electron chi connectivity index (χ3n) is 4.21. The predicted octanol–water partition coefficient (Wildman–Crippen LogP) is 2.83. The minimum Gasteiger partial charge on any atom is -0.332 e. The van der Waals surface area contributed by atoms with Gasteiger partial charge in [0, 0.05) is 38.2 Å². The van der Waals surface area contributed by atoms with Gasteiger partial charge in [0.25, 0.3) is 5.91 Å². The van der Waals surface area contributed by atoms with E-state index in [1.54, 1.807) is 12.5 Å². The molecule has 0 unspecified atom stereocenters. The molecule has 1 aliphatic heterocycles. The van der Waals surface area contributed by atoms with Gasteiger partial charge in [0.15, 0.2) is 0 Å². The Labute approximate surface area is 171 Å². The van der Waals surface area contributed by atoms with Gasteiger partial charge in [-0.3, -0.25) is 15.0 Å². The van der Waals surface area contributed by atoms with E-state index < -0.39 is 5.91 Å². The van der Waals surface area contributed by atoms with Crippen LogP contribution in [0.4, 0.5) is 5.95 Å². The molecule has 1 amide bonds. The Morgan fingerprint density at radius 1 is 1.17 bits per heavy atom. The van der Waals surface area contributed by atoms with Gasteiger partial charge in [0.2, 0.25) is 5.95 Å². The number of piperazine rings is 1. The summed E-state index contributed by atoms with van der Waals surface area (Å²) >= 11 is 0. The molecule has 154 valence electrons. The lowest BCUT2D eigenvalue weighted by Gasteiger charge is -2.38. The van der Waals surface area contributed by atoms with Gasteiger partial charge in [-0.15, -0.1) is 0 Å². The number of hydrogen-bond donors (Lipinski definition) is 2. The molecule has 2 aromatic rings. The summed E-state index contributed by atoms with van der Waals surface area (Å²) in [6.45, 7) is 10.4. The Hall–Kier alpha value is -3.26. The fourth-order valence-corrected chi connectivity index (χ4v) is 2.79. The highest BCUT2D eigenvalue weighted by atomic mass is 16.5. The minimum absolute atomic E-state index is 0.191. The van der Waals surface area contributed by atoms with E-state index in [0.29, 0.717) is 25.6 Å². The molecule has 0 radical (unpaired) electrons. The quantitative estimate of drug-likeness (QED) is 0.610. The van der Waals surface area contributed by atoms with Crippen LogP contribution < -0.4 is 10.4 Å². The third-order valence-corrected chi connectivity index (χ3v) is 4.21. The Morgan fingerprint density at radius 3 is 2.34 bits per heavy atom. The molecule has 1 saturated heterocycles. The van der Waals surface area contributed by atoms with Crippen molar-refractivity contribution in [3.05, 3.63) is 60.4 Å². The van der Waals surface area contributed by atoms with Gasteiger partial charge < -0.3 is 9.80 Å². The Morgan fingerprint density at radius 2 is 1.79 bits per heavy atom. The molecule has 1 aliphatic rings. The van der Waals surface area contributed by atoms with E-state index in [4.69, 9.17) is 5.21 Å². The number of amides is 1. The molecule has 1 aromatic carbocycles. The zero-order valence-electron chi connectivity index (χ0n) is 17.2. The number of hydroxylamine groups is 1. The standard InChI is InChI=1S/C18H20N6O2.C3H8/c1-13(14-6-4-3-5-7-14)24-9-8-23(12-16(24)19-2)18-20-10-15(11-21-18)17(25)22-26;1-3-2/h3-7,10-11,26H,1,8-9,12H2,2H3,(H,22,25);3H2,1-2H3. The highest BCUT2D eigenvalue weighted by Crippen LogP contribution is 2.21. The van der Waals surface area contributed by atoms with Crippen LogP contribution >= 0.6 is 0 Å². The van der Waals surface area contributed by atoms with Crippen LogP contribution in [0.15, 0.2) is 54.3 Å². The van der Waals surface area contributed by atoms with Crippen LogP contribution in [0.25, 0.3) is 5.70 Å². The molecule has 0 bridgehead atoms. The first kappa shape index (κ1) is 22.0. The monoisotopic (exact) mass is 396 g/mol. The number of aliphatic imine (C=N–C) groups is 1. The highest BCUT2D eigenvalue weighted by Gasteiger charge is 2.25. The number of carbonyl (C=O) groups excluding carboxylic acids is 1. The lowest BCUT2D eigenvalue weighted by atomic mass is 10.1. The summed E-state index contributed by atoms with van der Waals surface area (Å²) in [4.78, 5) is 28.3. The van der Waals surface area contributed by atoms with Gasteiger partial charge in [-0.2, -0.15) is 0 Å². The molecule has 8 nitrogen and oxygen atoms in total. The molecule has 1 fully saturated rings. The molecular weight excluding hydrogens is 368 g/mol. The topological polar surface area (TPSA) is 94.0 Å². The third kappa shape index (κ3) is 5.61. The van der Waals surface area contributed by atoms with Crippen molar-refractivity contribution in [2.75, 3.05) is 31.6 Å². The van der Waals surface area contributed by atoms with Crippen molar-refractivity contribution in [2.45, 2.75) is 20.3 Å². The van der Waals surface area contributed by atoms with Crippen molar-refractivity contribution in [1.29, 1.82) is 0 Å². The van der Waals surface area contributed by atoms with Gasteiger partial charge in [-0.05, 0) is 5.56 Å². The molecule has 3 rings (SSSR count). The Bertz CT molecular complexity index is 836. The molecular formula is C21H28N6O2. The molecule has 8 heteroatoms. The second-order valence-corrected chi connectivity index (χ2v) is 6.45. The largest absolute Gasteiger partial charge is 0.332 e. The van der Waals surface area contributed by atoms with E-state index >= 15 is 0 Å².